The number of anilines is 2. The molecule has 1 radical (unpaired) electrons. The van der Waals surface area contributed by atoms with E-state index < -0.39 is 10.9 Å². The van der Waals surface area contributed by atoms with Crippen LogP contribution in [-0.4, -0.2) is 8.42 Å². The predicted molar refractivity (Wildman–Crippen MR) is 77.5 cm³/mol. The highest BCUT2D eigenvalue weighted by Crippen LogP contribution is 2.32. The first kappa shape index (κ1) is 13.1. The van der Waals surface area contributed by atoms with E-state index in [1.165, 1.54) is 4.31 Å². The zero-order chi connectivity index (χ0) is 13.1. The van der Waals surface area contributed by atoms with E-state index in [1.54, 1.807) is 42.5 Å². The van der Waals surface area contributed by atoms with Crippen LogP contribution in [0.5, 0.6) is 0 Å². The molecule has 2 aromatic carbocycles. The molecule has 0 atom stereocenters. The maximum atomic E-state index is 11.5. The van der Waals surface area contributed by atoms with Gasteiger partial charge in [-0.3, -0.25) is 0 Å². The fraction of sp³-hybridized carbons (Fsp3) is 0. The van der Waals surface area contributed by atoms with Gasteiger partial charge >= 0.3 is 0 Å². The van der Waals surface area contributed by atoms with Gasteiger partial charge in [0.05, 0.1) is 11.4 Å². The smallest absolute Gasteiger partial charge is 0.229 e. The number of halogens is 1. The summed E-state index contributed by atoms with van der Waals surface area (Å²) in [6, 6.07) is 14.2. The van der Waals surface area contributed by atoms with Crippen LogP contribution in [0.2, 0.25) is 0 Å². The summed E-state index contributed by atoms with van der Waals surface area (Å²) >= 11 is 3.36. The highest BCUT2D eigenvalue weighted by molar-refractivity contribution is 9.10. The summed E-state index contributed by atoms with van der Waals surface area (Å²) in [6.07, 6.45) is 0. The largest absolute Gasteiger partial charge is 0.239 e. The molecule has 0 N–H and O–H groups in total. The fourth-order valence-corrected chi connectivity index (χ4v) is 2.85. The lowest BCUT2D eigenvalue weighted by Gasteiger charge is -2.19. The second-order valence-electron chi connectivity index (χ2n) is 3.67. The van der Waals surface area contributed by atoms with Gasteiger partial charge in [0, 0.05) is 4.47 Å². The van der Waals surface area contributed by atoms with Gasteiger partial charge in [0.25, 0.3) is 0 Å². The van der Waals surface area contributed by atoms with Crippen molar-refractivity contribution in [2.24, 2.45) is 0 Å². The highest BCUT2D eigenvalue weighted by Gasteiger charge is 2.13. The summed E-state index contributed by atoms with van der Waals surface area (Å²) in [5, 5.41) is 0. The van der Waals surface area contributed by atoms with E-state index in [0.29, 0.717) is 11.4 Å². The summed E-state index contributed by atoms with van der Waals surface area (Å²) in [7, 11) is -2.76. The van der Waals surface area contributed by atoms with Crippen molar-refractivity contribution in [1.82, 2.24) is 0 Å². The van der Waals surface area contributed by atoms with Crippen LogP contribution in [0.25, 0.3) is 0 Å². The molecule has 0 aliphatic carbocycles. The van der Waals surface area contributed by atoms with Crippen molar-refractivity contribution in [3.63, 3.8) is 0 Å². The Morgan fingerprint density at radius 1 is 1.00 bits per heavy atom. The normalized spacial score (nSPS) is 10.6. The standard InChI is InChI=1S/C13H11BrNO2S/c1-10-6-8-11(9-7-10)15(18(16)17)13-5-3-2-4-12(13)14/h2-9,18H,1H2. The van der Waals surface area contributed by atoms with Crippen molar-refractivity contribution in [2.45, 2.75) is 0 Å². The minimum Gasteiger partial charge on any atom is -0.239 e. The quantitative estimate of drug-likeness (QED) is 0.879. The number of para-hydroxylation sites is 1. The molecule has 2 aromatic rings. The van der Waals surface area contributed by atoms with Crippen LogP contribution in [0, 0.1) is 6.92 Å². The summed E-state index contributed by atoms with van der Waals surface area (Å²) in [6.45, 7) is 3.78. The lowest BCUT2D eigenvalue weighted by molar-refractivity contribution is 0.614. The second-order valence-corrected chi connectivity index (χ2v) is 5.40. The molecule has 93 valence electrons. The molecular formula is C13H11BrNO2S. The molecule has 0 fully saturated rings. The maximum Gasteiger partial charge on any atom is 0.229 e. The number of nitrogens with zero attached hydrogens (tertiary/aromatic N) is 1. The van der Waals surface area contributed by atoms with Gasteiger partial charge in [0.2, 0.25) is 10.9 Å². The Labute approximate surface area is 116 Å². The average molecular weight is 325 g/mol. The molecule has 3 nitrogen and oxygen atoms in total. The van der Waals surface area contributed by atoms with E-state index >= 15 is 0 Å². The van der Waals surface area contributed by atoms with Crippen LogP contribution in [-0.2, 0) is 10.9 Å². The van der Waals surface area contributed by atoms with E-state index in [9.17, 15) is 8.42 Å². The first-order valence-electron chi connectivity index (χ1n) is 5.20. The van der Waals surface area contributed by atoms with Crippen LogP contribution in [0.15, 0.2) is 53.0 Å². The second kappa shape index (κ2) is 5.54. The predicted octanol–water partition coefficient (Wildman–Crippen LogP) is 3.30. The van der Waals surface area contributed by atoms with Crippen LogP contribution in [0.1, 0.15) is 5.56 Å². The topological polar surface area (TPSA) is 37.4 Å². The number of hydrogen-bond donors (Lipinski definition) is 1. The molecule has 2 rings (SSSR count). The highest BCUT2D eigenvalue weighted by atomic mass is 79.9. The van der Waals surface area contributed by atoms with Gasteiger partial charge < -0.3 is 0 Å². The van der Waals surface area contributed by atoms with E-state index in [1.807, 2.05) is 6.07 Å². The zero-order valence-corrected chi connectivity index (χ0v) is 11.9. The van der Waals surface area contributed by atoms with Gasteiger partial charge in [-0.15, -0.1) is 0 Å². The lowest BCUT2D eigenvalue weighted by atomic mass is 10.2. The number of thiol groups is 1. The average Bonchev–Trinajstić information content (AvgIpc) is 2.34. The third-order valence-corrected chi connectivity index (χ3v) is 3.87. The van der Waals surface area contributed by atoms with Gasteiger partial charge in [-0.25, -0.2) is 12.7 Å². The molecule has 0 heterocycles. The molecule has 0 aromatic heterocycles. The Kier molecular flexibility index (Phi) is 4.04. The van der Waals surface area contributed by atoms with Crippen LogP contribution in [0.3, 0.4) is 0 Å². The zero-order valence-electron chi connectivity index (χ0n) is 9.41. The SMILES string of the molecule is [CH2]c1ccc(N(c2ccccc2Br)[SH](=O)=O)cc1. The Bertz CT molecular complexity index is 615. The molecule has 0 aliphatic heterocycles. The Morgan fingerprint density at radius 2 is 1.61 bits per heavy atom. The van der Waals surface area contributed by atoms with E-state index in [2.05, 4.69) is 22.9 Å². The molecule has 0 bridgehead atoms. The van der Waals surface area contributed by atoms with Crippen molar-refractivity contribution >= 4 is 38.2 Å². The minimum absolute atomic E-state index is 0.588. The molecular weight excluding hydrogens is 314 g/mol. The van der Waals surface area contributed by atoms with Gasteiger partial charge in [-0.05, 0) is 52.7 Å². The van der Waals surface area contributed by atoms with Crippen molar-refractivity contribution < 1.29 is 8.42 Å². The summed E-state index contributed by atoms with van der Waals surface area (Å²) < 4.78 is 24.9. The van der Waals surface area contributed by atoms with Gasteiger partial charge in [-0.1, -0.05) is 24.3 Å². The number of benzene rings is 2. The van der Waals surface area contributed by atoms with Gasteiger partial charge in [-0.2, -0.15) is 0 Å². The Hall–Kier alpha value is -1.33. The summed E-state index contributed by atoms with van der Waals surface area (Å²) in [5.74, 6) is 0. The third-order valence-electron chi connectivity index (χ3n) is 2.42. The van der Waals surface area contributed by atoms with Crippen molar-refractivity contribution in [1.29, 1.82) is 0 Å². The molecule has 18 heavy (non-hydrogen) atoms. The van der Waals surface area contributed by atoms with Gasteiger partial charge in [0.15, 0.2) is 0 Å². The maximum absolute atomic E-state index is 11.5. The molecule has 0 aliphatic rings. The molecule has 0 unspecified atom stereocenters. The van der Waals surface area contributed by atoms with E-state index in [-0.39, 0.29) is 0 Å². The van der Waals surface area contributed by atoms with Crippen LogP contribution >= 0.6 is 15.9 Å². The monoisotopic (exact) mass is 324 g/mol. The number of hydrogen-bond acceptors (Lipinski definition) is 2. The van der Waals surface area contributed by atoms with Crippen molar-refractivity contribution in [3.05, 3.63) is 65.5 Å². The van der Waals surface area contributed by atoms with E-state index in [4.69, 9.17) is 0 Å². The summed E-state index contributed by atoms with van der Waals surface area (Å²) in [4.78, 5) is 0. The summed E-state index contributed by atoms with van der Waals surface area (Å²) in [5.41, 5.74) is 2.02. The minimum atomic E-state index is -2.76. The Morgan fingerprint density at radius 3 is 2.17 bits per heavy atom. The Balaban J connectivity index is 2.54. The molecule has 0 spiro atoms. The molecule has 5 heteroatoms. The lowest BCUT2D eigenvalue weighted by Crippen LogP contribution is -2.14. The number of rotatable bonds is 3. The van der Waals surface area contributed by atoms with Gasteiger partial charge in [0.1, 0.15) is 0 Å². The molecule has 0 saturated carbocycles. The fourth-order valence-electron chi connectivity index (χ4n) is 1.58. The molecule has 0 amide bonds. The van der Waals surface area contributed by atoms with Crippen LogP contribution < -0.4 is 4.31 Å². The van der Waals surface area contributed by atoms with Crippen molar-refractivity contribution in [2.75, 3.05) is 4.31 Å². The molecule has 0 saturated heterocycles. The van der Waals surface area contributed by atoms with Crippen molar-refractivity contribution in [3.8, 4) is 0 Å². The third kappa shape index (κ3) is 2.73. The van der Waals surface area contributed by atoms with E-state index in [0.717, 1.165) is 10.0 Å². The first-order valence-corrected chi connectivity index (χ1v) is 7.13. The van der Waals surface area contributed by atoms with Crippen LogP contribution in [0.4, 0.5) is 11.4 Å². The first-order chi connectivity index (χ1) is 8.59.